The Morgan fingerprint density at radius 3 is 1.93 bits per heavy atom. The lowest BCUT2D eigenvalue weighted by molar-refractivity contribution is -0.142. The number of carboxylic acid groups (broad SMARTS) is 1. The first-order valence-corrected chi connectivity index (χ1v) is 13.5. The maximum Gasteiger partial charge on any atom is 0.326 e. The van der Waals surface area contributed by atoms with E-state index in [1.807, 2.05) is 0 Å². The van der Waals surface area contributed by atoms with Gasteiger partial charge in [0.2, 0.25) is 23.6 Å². The molecule has 2 aromatic carbocycles. The van der Waals surface area contributed by atoms with Crippen LogP contribution in [0.1, 0.15) is 29.7 Å². The highest BCUT2D eigenvalue weighted by Crippen LogP contribution is 2.12. The molecule has 14 nitrogen and oxygen atoms in total. The largest absolute Gasteiger partial charge is 0.508 e. The number of nitrogens with two attached hydrogens (primary N) is 2. The highest BCUT2D eigenvalue weighted by Gasteiger charge is 2.31. The van der Waals surface area contributed by atoms with Crippen LogP contribution in [0.5, 0.6) is 5.75 Å². The number of nitrogens with zero attached hydrogens (tertiary/aromatic N) is 1. The van der Waals surface area contributed by atoms with E-state index in [-0.39, 0.29) is 37.9 Å². The highest BCUT2D eigenvalue weighted by molar-refractivity contribution is 5.94. The number of imidazole rings is 1. The number of H-pyrrole nitrogens is 1. The number of hydrogen-bond donors (Lipinski definition) is 8. The van der Waals surface area contributed by atoms with Gasteiger partial charge in [0.05, 0.1) is 12.4 Å². The van der Waals surface area contributed by atoms with Crippen molar-refractivity contribution in [3.05, 3.63) is 83.9 Å². The van der Waals surface area contributed by atoms with Gasteiger partial charge in [-0.15, -0.1) is 0 Å². The second-order valence-electron chi connectivity index (χ2n) is 9.97. The molecule has 0 fully saturated rings. The van der Waals surface area contributed by atoms with Gasteiger partial charge in [-0.3, -0.25) is 19.2 Å². The molecule has 3 aromatic rings. The highest BCUT2D eigenvalue weighted by atomic mass is 16.4. The summed E-state index contributed by atoms with van der Waals surface area (Å²) < 4.78 is 0. The first-order valence-electron chi connectivity index (χ1n) is 13.5. The second-order valence-corrected chi connectivity index (χ2v) is 9.97. The maximum absolute atomic E-state index is 13.6. The molecule has 0 aliphatic heterocycles. The molecule has 1 heterocycles. The third-order valence-corrected chi connectivity index (χ3v) is 6.56. The Bertz CT molecular complexity index is 1380. The normalized spacial score (nSPS) is 13.6. The Hall–Kier alpha value is -5.24. The van der Waals surface area contributed by atoms with Gasteiger partial charge in [0.1, 0.15) is 23.9 Å². The first-order chi connectivity index (χ1) is 20.5. The van der Waals surface area contributed by atoms with Gasteiger partial charge in [-0.2, -0.15) is 0 Å². The van der Waals surface area contributed by atoms with E-state index in [2.05, 4.69) is 25.9 Å². The number of aromatic amines is 1. The van der Waals surface area contributed by atoms with Gasteiger partial charge in [0.25, 0.3) is 0 Å². The number of nitrogens with one attached hydrogen (secondary N) is 4. The summed E-state index contributed by atoms with van der Waals surface area (Å²) >= 11 is 0. The van der Waals surface area contributed by atoms with Crippen LogP contribution in [0.4, 0.5) is 0 Å². The number of aromatic nitrogens is 2. The van der Waals surface area contributed by atoms with E-state index in [1.165, 1.54) is 36.8 Å². The molecule has 4 atom stereocenters. The van der Waals surface area contributed by atoms with Crippen molar-refractivity contribution in [3.63, 3.8) is 0 Å². The quantitative estimate of drug-likeness (QED) is 0.104. The van der Waals surface area contributed by atoms with Crippen molar-refractivity contribution in [2.75, 3.05) is 0 Å². The summed E-state index contributed by atoms with van der Waals surface area (Å²) in [5.74, 6) is -4.10. The molecule has 10 N–H and O–H groups in total. The fourth-order valence-electron chi connectivity index (χ4n) is 4.20. The number of carbonyl (C=O) groups is 5. The first kappa shape index (κ1) is 32.3. The molecule has 0 spiro atoms. The number of phenols is 1. The van der Waals surface area contributed by atoms with Crippen LogP contribution in [-0.4, -0.2) is 73.9 Å². The fourth-order valence-corrected chi connectivity index (χ4v) is 4.20. The Labute approximate surface area is 247 Å². The number of phenolic OH excluding ortho intramolecular Hbond substituents is 1. The van der Waals surface area contributed by atoms with Crippen LogP contribution in [-0.2, 0) is 43.2 Å². The van der Waals surface area contributed by atoms with Crippen molar-refractivity contribution in [1.82, 2.24) is 25.9 Å². The topological polar surface area (TPSA) is 243 Å². The Kier molecular flexibility index (Phi) is 11.8. The van der Waals surface area contributed by atoms with Gasteiger partial charge < -0.3 is 42.6 Å². The fraction of sp³-hybridized carbons (Fsp3) is 0.310. The van der Waals surface area contributed by atoms with E-state index in [1.54, 1.807) is 30.3 Å². The summed E-state index contributed by atoms with van der Waals surface area (Å²) in [7, 11) is 0. The SMILES string of the molecule is NC(=O)CCC(N)C(=O)NC(Cc1ccccc1)C(=O)NC(Cc1cnc[nH]1)C(=O)NC(Cc1ccc(O)cc1)C(=O)O. The standard InChI is InChI=1S/C29H35N7O7/c30-21(10-11-25(31)38)26(39)34-22(12-17-4-2-1-3-5-17)27(40)35-23(14-19-15-32-16-33-19)28(41)36-24(29(42)43)13-18-6-8-20(37)9-7-18/h1-9,15-16,21-24,37H,10-14,30H2,(H2,31,38)(H,32,33)(H,34,39)(H,35,40)(H,36,41)(H,42,43). The molecule has 4 amide bonds. The predicted molar refractivity (Wildman–Crippen MR) is 154 cm³/mol. The van der Waals surface area contributed by atoms with Gasteiger partial charge in [0, 0.05) is 37.6 Å². The summed E-state index contributed by atoms with van der Waals surface area (Å²) in [6.07, 6.45) is 2.61. The minimum absolute atomic E-state index is 0.00738. The number of carbonyl (C=O) groups excluding carboxylic acids is 4. The molecular weight excluding hydrogens is 558 g/mol. The molecule has 1 aromatic heterocycles. The molecule has 0 aliphatic rings. The number of aliphatic carboxylic acids is 1. The summed E-state index contributed by atoms with van der Waals surface area (Å²) in [5, 5.41) is 27.0. The summed E-state index contributed by atoms with van der Waals surface area (Å²) in [6.45, 7) is 0. The number of primary amides is 1. The number of hydrogen-bond acceptors (Lipinski definition) is 8. The monoisotopic (exact) mass is 593 g/mol. The summed E-state index contributed by atoms with van der Waals surface area (Å²) in [4.78, 5) is 69.7. The maximum atomic E-state index is 13.6. The van der Waals surface area contributed by atoms with E-state index in [9.17, 15) is 34.2 Å². The minimum Gasteiger partial charge on any atom is -0.508 e. The van der Waals surface area contributed by atoms with Crippen LogP contribution in [0.2, 0.25) is 0 Å². The molecule has 0 radical (unpaired) electrons. The molecular formula is C29H35N7O7. The molecule has 4 unspecified atom stereocenters. The van der Waals surface area contributed by atoms with E-state index < -0.39 is 53.8 Å². The van der Waals surface area contributed by atoms with Crippen molar-refractivity contribution < 1.29 is 34.2 Å². The van der Waals surface area contributed by atoms with Crippen LogP contribution >= 0.6 is 0 Å². The van der Waals surface area contributed by atoms with Crippen LogP contribution in [0.25, 0.3) is 0 Å². The number of benzene rings is 2. The lowest BCUT2D eigenvalue weighted by atomic mass is 10.0. The van der Waals surface area contributed by atoms with Crippen LogP contribution < -0.4 is 27.4 Å². The lowest BCUT2D eigenvalue weighted by Crippen LogP contribution is -2.58. The molecule has 14 heteroatoms. The third kappa shape index (κ3) is 10.6. The van der Waals surface area contributed by atoms with Crippen LogP contribution in [0, 0.1) is 0 Å². The van der Waals surface area contributed by atoms with Crippen molar-refractivity contribution in [2.45, 2.75) is 56.3 Å². The Morgan fingerprint density at radius 1 is 0.791 bits per heavy atom. The summed E-state index contributed by atoms with van der Waals surface area (Å²) in [5.41, 5.74) is 12.8. The Morgan fingerprint density at radius 2 is 1.35 bits per heavy atom. The molecule has 0 saturated carbocycles. The van der Waals surface area contributed by atoms with Gasteiger partial charge in [-0.1, -0.05) is 42.5 Å². The van der Waals surface area contributed by atoms with Crippen LogP contribution in [0.15, 0.2) is 67.1 Å². The van der Waals surface area contributed by atoms with Crippen molar-refractivity contribution in [3.8, 4) is 5.75 Å². The molecule has 228 valence electrons. The molecule has 0 aliphatic carbocycles. The Balaban J connectivity index is 1.80. The van der Waals surface area contributed by atoms with E-state index in [4.69, 9.17) is 11.5 Å². The molecule has 0 bridgehead atoms. The van der Waals surface area contributed by atoms with Gasteiger partial charge >= 0.3 is 5.97 Å². The van der Waals surface area contributed by atoms with Crippen molar-refractivity contribution in [1.29, 1.82) is 0 Å². The second kappa shape index (κ2) is 15.7. The number of carboxylic acids is 1. The summed E-state index contributed by atoms with van der Waals surface area (Å²) in [6, 6.07) is 9.82. The van der Waals surface area contributed by atoms with E-state index in [0.717, 1.165) is 0 Å². The van der Waals surface area contributed by atoms with Crippen LogP contribution in [0.3, 0.4) is 0 Å². The third-order valence-electron chi connectivity index (χ3n) is 6.56. The smallest absolute Gasteiger partial charge is 0.326 e. The average molecular weight is 594 g/mol. The van der Waals surface area contributed by atoms with Crippen molar-refractivity contribution >= 4 is 29.6 Å². The van der Waals surface area contributed by atoms with E-state index in [0.29, 0.717) is 16.8 Å². The molecule has 0 saturated heterocycles. The number of aromatic hydroxyl groups is 1. The molecule has 43 heavy (non-hydrogen) atoms. The number of amides is 4. The van der Waals surface area contributed by atoms with E-state index >= 15 is 0 Å². The average Bonchev–Trinajstić information content (AvgIpc) is 3.49. The lowest BCUT2D eigenvalue weighted by Gasteiger charge is -2.25. The van der Waals surface area contributed by atoms with Gasteiger partial charge in [-0.25, -0.2) is 9.78 Å². The minimum atomic E-state index is -1.35. The van der Waals surface area contributed by atoms with Gasteiger partial charge in [-0.05, 0) is 29.7 Å². The zero-order valence-electron chi connectivity index (χ0n) is 23.2. The zero-order valence-corrected chi connectivity index (χ0v) is 23.2. The zero-order chi connectivity index (χ0) is 31.4. The van der Waals surface area contributed by atoms with Crippen molar-refractivity contribution in [2.24, 2.45) is 11.5 Å². The predicted octanol–water partition coefficient (Wildman–Crippen LogP) is -0.725. The number of rotatable bonds is 16. The molecule has 3 rings (SSSR count). The van der Waals surface area contributed by atoms with Gasteiger partial charge in [0.15, 0.2) is 0 Å².